The van der Waals surface area contributed by atoms with Crippen LogP contribution in [0.25, 0.3) is 0 Å². The SMILES string of the molecule is C#CC1COP(=S)(NC)C1. The molecule has 0 aromatic rings. The van der Waals surface area contributed by atoms with Gasteiger partial charge in [-0.15, -0.1) is 12.3 Å². The summed E-state index contributed by atoms with van der Waals surface area (Å²) in [5, 5.41) is 3.01. The first-order chi connectivity index (χ1) is 4.70. The second-order valence-corrected chi connectivity index (χ2v) is 6.43. The lowest BCUT2D eigenvalue weighted by atomic mass is 10.2. The Morgan fingerprint density at radius 1 is 1.90 bits per heavy atom. The average Bonchev–Trinajstić information content (AvgIpc) is 2.33. The predicted molar refractivity (Wildman–Crippen MR) is 46.5 cm³/mol. The van der Waals surface area contributed by atoms with E-state index in [1.54, 1.807) is 0 Å². The predicted octanol–water partition coefficient (Wildman–Crippen LogP) is 0.795. The zero-order chi connectivity index (χ0) is 7.61. The van der Waals surface area contributed by atoms with Gasteiger partial charge < -0.3 is 4.52 Å². The van der Waals surface area contributed by atoms with Crippen molar-refractivity contribution in [2.45, 2.75) is 0 Å². The first-order valence-corrected chi connectivity index (χ1v) is 5.99. The standard InChI is InChI=1S/C6H10NOPS/c1-3-6-4-8-9(10,5-6)7-2/h1,6H,4-5H2,2H3,(H,7,10). The molecule has 2 unspecified atom stereocenters. The second-order valence-electron chi connectivity index (χ2n) is 2.24. The van der Waals surface area contributed by atoms with Crippen molar-refractivity contribution < 1.29 is 4.52 Å². The fraction of sp³-hybridized carbons (Fsp3) is 0.667. The molecule has 1 rings (SSSR count). The van der Waals surface area contributed by atoms with Gasteiger partial charge >= 0.3 is 0 Å². The number of terminal acetylenes is 1. The van der Waals surface area contributed by atoms with E-state index < -0.39 is 6.42 Å². The summed E-state index contributed by atoms with van der Waals surface area (Å²) in [6.45, 7) is 0.634. The Morgan fingerprint density at radius 2 is 2.60 bits per heavy atom. The van der Waals surface area contributed by atoms with Crippen LogP contribution in [-0.2, 0) is 16.3 Å². The maximum atomic E-state index is 5.37. The van der Waals surface area contributed by atoms with Gasteiger partial charge in [0.25, 0.3) is 0 Å². The van der Waals surface area contributed by atoms with E-state index in [1.165, 1.54) is 0 Å². The molecule has 0 aromatic carbocycles. The van der Waals surface area contributed by atoms with Gasteiger partial charge in [0.15, 0.2) is 0 Å². The van der Waals surface area contributed by atoms with Crippen molar-refractivity contribution in [1.29, 1.82) is 0 Å². The molecule has 56 valence electrons. The molecule has 1 heterocycles. The largest absolute Gasteiger partial charge is 0.337 e. The quantitative estimate of drug-likeness (QED) is 0.470. The maximum absolute atomic E-state index is 5.37. The van der Waals surface area contributed by atoms with Crippen LogP contribution in [0.5, 0.6) is 0 Å². The summed E-state index contributed by atoms with van der Waals surface area (Å²) in [6.07, 6.45) is 4.38. The van der Waals surface area contributed by atoms with Crippen molar-refractivity contribution in [1.82, 2.24) is 5.09 Å². The first kappa shape index (κ1) is 8.23. The minimum atomic E-state index is -1.68. The highest BCUT2D eigenvalue weighted by molar-refractivity contribution is 8.11. The monoisotopic (exact) mass is 175 g/mol. The Hall–Kier alpha value is 0.130. The number of nitrogens with one attached hydrogen (secondary N) is 1. The van der Waals surface area contributed by atoms with E-state index in [1.807, 2.05) is 7.05 Å². The molecule has 1 fully saturated rings. The van der Waals surface area contributed by atoms with Crippen LogP contribution in [0.3, 0.4) is 0 Å². The third-order valence-electron chi connectivity index (χ3n) is 1.52. The van der Waals surface area contributed by atoms with Gasteiger partial charge in [0.05, 0.1) is 12.5 Å². The Labute approximate surface area is 66.5 Å². The molecule has 2 atom stereocenters. The summed E-state index contributed by atoms with van der Waals surface area (Å²) in [4.78, 5) is 0. The minimum absolute atomic E-state index is 0.235. The molecule has 1 aliphatic heterocycles. The Morgan fingerprint density at radius 3 is 2.90 bits per heavy atom. The van der Waals surface area contributed by atoms with Crippen LogP contribution in [0, 0.1) is 18.3 Å². The number of hydrogen-bond donors (Lipinski definition) is 1. The van der Waals surface area contributed by atoms with E-state index in [0.29, 0.717) is 6.61 Å². The van der Waals surface area contributed by atoms with Gasteiger partial charge in [0, 0.05) is 6.16 Å². The fourth-order valence-corrected chi connectivity index (χ4v) is 3.21. The summed E-state index contributed by atoms with van der Waals surface area (Å²) in [7, 11) is 1.83. The Balaban J connectivity index is 2.60. The van der Waals surface area contributed by atoms with Crippen LogP contribution in [0.15, 0.2) is 0 Å². The molecule has 0 amide bonds. The number of rotatable bonds is 1. The second kappa shape index (κ2) is 3.02. The van der Waals surface area contributed by atoms with Gasteiger partial charge in [0.1, 0.15) is 6.42 Å². The molecule has 0 aromatic heterocycles. The molecule has 0 bridgehead atoms. The minimum Gasteiger partial charge on any atom is -0.337 e. The summed E-state index contributed by atoms with van der Waals surface area (Å²) < 4.78 is 5.37. The lowest BCUT2D eigenvalue weighted by Gasteiger charge is -2.11. The van der Waals surface area contributed by atoms with Crippen molar-refractivity contribution in [3.05, 3.63) is 0 Å². The molecule has 1 saturated heterocycles. The van der Waals surface area contributed by atoms with Crippen LogP contribution in [0.2, 0.25) is 0 Å². The highest BCUT2D eigenvalue weighted by atomic mass is 32.4. The molecule has 0 radical (unpaired) electrons. The zero-order valence-electron chi connectivity index (χ0n) is 5.83. The van der Waals surface area contributed by atoms with E-state index in [-0.39, 0.29) is 5.92 Å². The van der Waals surface area contributed by atoms with Gasteiger partial charge in [0.2, 0.25) is 0 Å². The number of hydrogen-bond acceptors (Lipinski definition) is 2. The van der Waals surface area contributed by atoms with Crippen molar-refractivity contribution in [2.24, 2.45) is 5.92 Å². The fourth-order valence-electron chi connectivity index (χ4n) is 0.863. The highest BCUT2D eigenvalue weighted by Gasteiger charge is 2.28. The summed E-state index contributed by atoms with van der Waals surface area (Å²) in [6, 6.07) is 0. The first-order valence-electron chi connectivity index (χ1n) is 3.09. The molecule has 1 aliphatic rings. The van der Waals surface area contributed by atoms with Crippen molar-refractivity contribution in [3.63, 3.8) is 0 Å². The normalized spacial score (nSPS) is 39.4. The van der Waals surface area contributed by atoms with E-state index in [2.05, 4.69) is 11.0 Å². The van der Waals surface area contributed by atoms with Gasteiger partial charge in [-0.3, -0.25) is 5.09 Å². The molecule has 4 heteroatoms. The van der Waals surface area contributed by atoms with Gasteiger partial charge in [-0.05, 0) is 7.05 Å². The molecule has 1 N–H and O–H groups in total. The molecular formula is C6H10NOPS. The van der Waals surface area contributed by atoms with Crippen molar-refractivity contribution in [2.75, 3.05) is 19.8 Å². The van der Waals surface area contributed by atoms with E-state index in [4.69, 9.17) is 22.8 Å². The highest BCUT2D eigenvalue weighted by Crippen LogP contribution is 2.49. The van der Waals surface area contributed by atoms with Crippen LogP contribution >= 0.6 is 6.42 Å². The molecule has 0 spiro atoms. The van der Waals surface area contributed by atoms with Crippen LogP contribution in [0.1, 0.15) is 0 Å². The molecule has 2 nitrogen and oxygen atoms in total. The Bertz CT molecular complexity index is 210. The topological polar surface area (TPSA) is 21.3 Å². The molecule has 10 heavy (non-hydrogen) atoms. The van der Waals surface area contributed by atoms with E-state index >= 15 is 0 Å². The summed E-state index contributed by atoms with van der Waals surface area (Å²) in [5.74, 6) is 2.88. The van der Waals surface area contributed by atoms with Crippen LogP contribution < -0.4 is 5.09 Å². The molecular weight excluding hydrogens is 165 g/mol. The smallest absolute Gasteiger partial charge is 0.130 e. The average molecular weight is 175 g/mol. The lowest BCUT2D eigenvalue weighted by Crippen LogP contribution is -2.04. The third-order valence-corrected chi connectivity index (χ3v) is 5.00. The molecule has 0 aliphatic carbocycles. The van der Waals surface area contributed by atoms with E-state index in [9.17, 15) is 0 Å². The summed E-state index contributed by atoms with van der Waals surface area (Å²) >= 11 is 5.19. The Kier molecular flexibility index (Phi) is 2.49. The zero-order valence-corrected chi connectivity index (χ0v) is 7.54. The van der Waals surface area contributed by atoms with Gasteiger partial charge in [-0.25, -0.2) is 0 Å². The molecule has 0 saturated carbocycles. The third kappa shape index (κ3) is 1.59. The van der Waals surface area contributed by atoms with Gasteiger partial charge in [-0.2, -0.15) is 0 Å². The van der Waals surface area contributed by atoms with Crippen molar-refractivity contribution in [3.8, 4) is 12.3 Å². The van der Waals surface area contributed by atoms with Crippen LogP contribution in [0.4, 0.5) is 0 Å². The van der Waals surface area contributed by atoms with Crippen molar-refractivity contribution >= 4 is 18.2 Å². The van der Waals surface area contributed by atoms with Gasteiger partial charge in [-0.1, -0.05) is 11.8 Å². The summed E-state index contributed by atoms with van der Waals surface area (Å²) in [5.41, 5.74) is 0. The maximum Gasteiger partial charge on any atom is 0.130 e. The van der Waals surface area contributed by atoms with Crippen LogP contribution in [-0.4, -0.2) is 19.8 Å². The lowest BCUT2D eigenvalue weighted by molar-refractivity contribution is 0.357. The van der Waals surface area contributed by atoms with E-state index in [0.717, 1.165) is 6.16 Å².